The van der Waals surface area contributed by atoms with Crippen molar-refractivity contribution in [3.05, 3.63) is 6.42 Å². The molecule has 0 aromatic heterocycles. The number of nitrogens with one attached hydrogen (secondary N) is 2. The summed E-state index contributed by atoms with van der Waals surface area (Å²) in [6, 6.07) is 0.657. The minimum absolute atomic E-state index is 0.0640. The molecule has 4 heteroatoms. The second kappa shape index (κ2) is 5.53. The van der Waals surface area contributed by atoms with Gasteiger partial charge in [-0.1, -0.05) is 13.3 Å². The molecule has 1 aliphatic carbocycles. The Kier molecular flexibility index (Phi) is 4.59. The number of nitrogens with two attached hydrogens (primary N) is 1. The van der Waals surface area contributed by atoms with Gasteiger partial charge in [-0.2, -0.15) is 0 Å². The molecule has 0 amide bonds. The molecule has 0 aromatic carbocycles. The Balaban J connectivity index is 2.35. The molecular weight excluding hydrogens is 200 g/mol. The minimum Gasteiger partial charge on any atom is -0.370 e. The lowest BCUT2D eigenvalue weighted by molar-refractivity contribution is 0.177. The second-order valence-corrected chi connectivity index (χ2v) is 5.21. The highest BCUT2D eigenvalue weighted by Crippen LogP contribution is 2.42. The van der Waals surface area contributed by atoms with Crippen LogP contribution in [0.4, 0.5) is 0 Å². The standard InChI is InChI=1S/C12H25N4/c1-12(8-5-9-15-11(13)14)7-4-6-10(12)16(2)3/h8,10H,4-7,9H2,1-3H3,(H4,13,14,15). The van der Waals surface area contributed by atoms with Crippen LogP contribution in [0.15, 0.2) is 0 Å². The predicted octanol–water partition coefficient (Wildman–Crippen LogP) is 1.18. The first-order valence-corrected chi connectivity index (χ1v) is 6.04. The first-order chi connectivity index (χ1) is 7.46. The van der Waals surface area contributed by atoms with Crippen molar-refractivity contribution in [2.75, 3.05) is 20.6 Å². The van der Waals surface area contributed by atoms with Crippen LogP contribution in [-0.2, 0) is 0 Å². The maximum atomic E-state index is 7.08. The number of rotatable bonds is 5. The molecule has 1 aliphatic rings. The van der Waals surface area contributed by atoms with Gasteiger partial charge in [0.2, 0.25) is 0 Å². The number of nitrogens with zero attached hydrogens (tertiary/aromatic N) is 1. The van der Waals surface area contributed by atoms with E-state index < -0.39 is 0 Å². The smallest absolute Gasteiger partial charge is 0.185 e. The van der Waals surface area contributed by atoms with Gasteiger partial charge in [-0.3, -0.25) is 5.41 Å². The Labute approximate surface area is 99.1 Å². The van der Waals surface area contributed by atoms with Gasteiger partial charge in [0.05, 0.1) is 0 Å². The van der Waals surface area contributed by atoms with Crippen molar-refractivity contribution in [3.63, 3.8) is 0 Å². The molecule has 0 bridgehead atoms. The van der Waals surface area contributed by atoms with E-state index in [1.54, 1.807) is 0 Å². The van der Waals surface area contributed by atoms with E-state index in [2.05, 4.69) is 37.7 Å². The van der Waals surface area contributed by atoms with Gasteiger partial charge in [0.25, 0.3) is 0 Å². The van der Waals surface area contributed by atoms with E-state index in [0.29, 0.717) is 11.5 Å². The van der Waals surface area contributed by atoms with Gasteiger partial charge in [0.1, 0.15) is 0 Å². The lowest BCUT2D eigenvalue weighted by Crippen LogP contribution is -2.40. The van der Waals surface area contributed by atoms with Crippen LogP contribution in [0.5, 0.6) is 0 Å². The summed E-state index contributed by atoms with van der Waals surface area (Å²) in [6.45, 7) is 3.11. The minimum atomic E-state index is 0.0640. The van der Waals surface area contributed by atoms with Gasteiger partial charge in [-0.15, -0.1) is 0 Å². The normalized spacial score (nSPS) is 29.6. The van der Waals surface area contributed by atoms with Crippen molar-refractivity contribution in [1.29, 1.82) is 5.41 Å². The van der Waals surface area contributed by atoms with Crippen LogP contribution in [0.2, 0.25) is 0 Å². The molecular formula is C12H25N4. The van der Waals surface area contributed by atoms with Crippen LogP contribution in [-0.4, -0.2) is 37.5 Å². The SMILES string of the molecule is CN(C)C1CCCC1(C)[CH]CCNC(=N)N. The third kappa shape index (κ3) is 3.37. The first kappa shape index (κ1) is 13.3. The predicted molar refractivity (Wildman–Crippen MR) is 68.3 cm³/mol. The van der Waals surface area contributed by atoms with Gasteiger partial charge < -0.3 is 16.0 Å². The molecule has 93 valence electrons. The molecule has 0 saturated heterocycles. The summed E-state index contributed by atoms with van der Waals surface area (Å²) in [7, 11) is 4.33. The highest BCUT2D eigenvalue weighted by Gasteiger charge is 2.39. The number of hydrogen-bond donors (Lipinski definition) is 3. The Morgan fingerprint density at radius 1 is 1.62 bits per heavy atom. The first-order valence-electron chi connectivity index (χ1n) is 6.04. The van der Waals surface area contributed by atoms with Crippen LogP contribution in [0, 0.1) is 17.2 Å². The lowest BCUT2D eigenvalue weighted by Gasteiger charge is -2.36. The Morgan fingerprint density at radius 2 is 2.31 bits per heavy atom. The zero-order chi connectivity index (χ0) is 12.2. The molecule has 4 N–H and O–H groups in total. The average Bonchev–Trinajstić information content (AvgIpc) is 2.55. The zero-order valence-electron chi connectivity index (χ0n) is 10.7. The van der Waals surface area contributed by atoms with Gasteiger partial charge in [0, 0.05) is 12.6 Å². The third-order valence-electron chi connectivity index (χ3n) is 3.65. The van der Waals surface area contributed by atoms with E-state index in [0.717, 1.165) is 13.0 Å². The van der Waals surface area contributed by atoms with Crippen molar-refractivity contribution in [2.45, 2.75) is 38.6 Å². The molecule has 16 heavy (non-hydrogen) atoms. The Hall–Kier alpha value is -0.770. The molecule has 4 nitrogen and oxygen atoms in total. The zero-order valence-corrected chi connectivity index (χ0v) is 10.7. The largest absolute Gasteiger partial charge is 0.370 e. The Morgan fingerprint density at radius 3 is 2.88 bits per heavy atom. The second-order valence-electron chi connectivity index (χ2n) is 5.21. The summed E-state index contributed by atoms with van der Waals surface area (Å²) >= 11 is 0. The van der Waals surface area contributed by atoms with Gasteiger partial charge >= 0.3 is 0 Å². The molecule has 1 rings (SSSR count). The van der Waals surface area contributed by atoms with Gasteiger partial charge in [0.15, 0.2) is 5.96 Å². The summed E-state index contributed by atoms with van der Waals surface area (Å²) in [6.07, 6.45) is 7.26. The van der Waals surface area contributed by atoms with Gasteiger partial charge in [-0.25, -0.2) is 0 Å². The van der Waals surface area contributed by atoms with Crippen molar-refractivity contribution in [2.24, 2.45) is 11.1 Å². The molecule has 2 atom stereocenters. The van der Waals surface area contributed by atoms with Crippen molar-refractivity contribution in [3.8, 4) is 0 Å². The van der Waals surface area contributed by atoms with E-state index in [9.17, 15) is 0 Å². The summed E-state index contributed by atoms with van der Waals surface area (Å²) < 4.78 is 0. The molecule has 1 saturated carbocycles. The third-order valence-corrected chi connectivity index (χ3v) is 3.65. The fourth-order valence-corrected chi connectivity index (χ4v) is 2.87. The van der Waals surface area contributed by atoms with E-state index in [4.69, 9.17) is 11.1 Å². The van der Waals surface area contributed by atoms with Crippen molar-refractivity contribution >= 4 is 5.96 Å². The van der Waals surface area contributed by atoms with Gasteiger partial charge in [-0.05, 0) is 45.2 Å². The summed E-state index contributed by atoms with van der Waals surface area (Å²) in [5, 5.41) is 9.93. The molecule has 0 spiro atoms. The highest BCUT2D eigenvalue weighted by molar-refractivity contribution is 5.74. The fraction of sp³-hybridized carbons (Fsp3) is 0.833. The van der Waals surface area contributed by atoms with Crippen LogP contribution in [0.3, 0.4) is 0 Å². The average molecular weight is 225 g/mol. The summed E-state index contributed by atoms with van der Waals surface area (Å²) in [5.74, 6) is 0.0640. The molecule has 0 aromatic rings. The number of guanidine groups is 1. The fourth-order valence-electron chi connectivity index (χ4n) is 2.87. The van der Waals surface area contributed by atoms with E-state index in [1.807, 2.05) is 0 Å². The summed E-state index contributed by atoms with van der Waals surface area (Å²) in [5.41, 5.74) is 5.57. The topological polar surface area (TPSA) is 65.1 Å². The lowest BCUT2D eigenvalue weighted by atomic mass is 9.80. The van der Waals surface area contributed by atoms with Crippen LogP contribution < -0.4 is 11.1 Å². The Bertz CT molecular complexity index is 239. The van der Waals surface area contributed by atoms with E-state index >= 15 is 0 Å². The molecule has 0 aliphatic heterocycles. The number of hydrogen-bond acceptors (Lipinski definition) is 2. The molecule has 1 fully saturated rings. The van der Waals surface area contributed by atoms with Crippen molar-refractivity contribution < 1.29 is 0 Å². The maximum Gasteiger partial charge on any atom is 0.185 e. The monoisotopic (exact) mass is 225 g/mol. The summed E-state index contributed by atoms with van der Waals surface area (Å²) in [4.78, 5) is 2.34. The van der Waals surface area contributed by atoms with Crippen LogP contribution >= 0.6 is 0 Å². The van der Waals surface area contributed by atoms with E-state index in [1.165, 1.54) is 19.3 Å². The van der Waals surface area contributed by atoms with Crippen LogP contribution in [0.1, 0.15) is 32.6 Å². The van der Waals surface area contributed by atoms with Crippen LogP contribution in [0.25, 0.3) is 0 Å². The van der Waals surface area contributed by atoms with Crippen molar-refractivity contribution in [1.82, 2.24) is 10.2 Å². The molecule has 1 radical (unpaired) electrons. The van der Waals surface area contributed by atoms with E-state index in [-0.39, 0.29) is 5.96 Å². The maximum absolute atomic E-state index is 7.08. The quantitative estimate of drug-likeness (QED) is 0.374. The molecule has 2 unspecified atom stereocenters. The molecule has 0 heterocycles. The highest BCUT2D eigenvalue weighted by atomic mass is 15.1.